The average molecular weight is 259 g/mol. The molecule has 2 N–H and O–H groups in total. The molecule has 0 saturated carbocycles. The standard InChI is InChI=1S/C12H13N5O2/c1-9(18)17(13)11-14-8-16(12(19)15-11)7-10-5-3-2-4-6-10/h2-6,8H,7,13H2,1H3. The van der Waals surface area contributed by atoms with Gasteiger partial charge >= 0.3 is 5.69 Å². The van der Waals surface area contributed by atoms with E-state index in [2.05, 4.69) is 9.97 Å². The molecular formula is C12H13N5O2. The average Bonchev–Trinajstić information content (AvgIpc) is 2.41. The maximum atomic E-state index is 11.8. The second-order valence-corrected chi connectivity index (χ2v) is 3.94. The Bertz CT molecular complexity index is 638. The lowest BCUT2D eigenvalue weighted by atomic mass is 10.2. The van der Waals surface area contributed by atoms with Gasteiger partial charge in [0.15, 0.2) is 0 Å². The number of nitrogens with zero attached hydrogens (tertiary/aromatic N) is 4. The van der Waals surface area contributed by atoms with Crippen LogP contribution < -0.4 is 16.5 Å². The summed E-state index contributed by atoms with van der Waals surface area (Å²) >= 11 is 0. The molecule has 1 amide bonds. The normalized spacial score (nSPS) is 10.2. The third kappa shape index (κ3) is 3.02. The van der Waals surface area contributed by atoms with E-state index in [4.69, 9.17) is 5.84 Å². The van der Waals surface area contributed by atoms with Crippen LogP contribution in [0, 0.1) is 0 Å². The summed E-state index contributed by atoms with van der Waals surface area (Å²) in [6.07, 6.45) is 1.32. The van der Waals surface area contributed by atoms with E-state index in [-0.39, 0.29) is 5.95 Å². The Morgan fingerprint density at radius 3 is 2.63 bits per heavy atom. The van der Waals surface area contributed by atoms with Crippen LogP contribution in [-0.4, -0.2) is 20.4 Å². The van der Waals surface area contributed by atoms with Gasteiger partial charge in [-0.2, -0.15) is 4.98 Å². The first-order chi connectivity index (χ1) is 9.08. The maximum absolute atomic E-state index is 11.8. The zero-order valence-corrected chi connectivity index (χ0v) is 10.4. The summed E-state index contributed by atoms with van der Waals surface area (Å²) in [4.78, 5) is 30.4. The van der Waals surface area contributed by atoms with Gasteiger partial charge in [-0.1, -0.05) is 30.3 Å². The lowest BCUT2D eigenvalue weighted by Crippen LogP contribution is -2.39. The van der Waals surface area contributed by atoms with E-state index in [0.717, 1.165) is 10.6 Å². The van der Waals surface area contributed by atoms with Crippen molar-refractivity contribution >= 4 is 11.9 Å². The minimum atomic E-state index is -0.509. The molecule has 0 spiro atoms. The van der Waals surface area contributed by atoms with Gasteiger partial charge in [0.25, 0.3) is 5.95 Å². The van der Waals surface area contributed by atoms with Crippen molar-refractivity contribution in [3.05, 3.63) is 52.7 Å². The summed E-state index contributed by atoms with van der Waals surface area (Å²) in [6.45, 7) is 1.63. The number of nitrogens with two attached hydrogens (primary N) is 1. The number of rotatable bonds is 3. The van der Waals surface area contributed by atoms with E-state index in [1.807, 2.05) is 30.3 Å². The Balaban J connectivity index is 2.25. The molecule has 0 atom stereocenters. The Hall–Kier alpha value is -2.54. The van der Waals surface area contributed by atoms with Crippen LogP contribution in [0.4, 0.5) is 5.95 Å². The number of aromatic nitrogens is 3. The van der Waals surface area contributed by atoms with E-state index in [9.17, 15) is 9.59 Å². The molecule has 1 heterocycles. The molecule has 1 aromatic carbocycles. The lowest BCUT2D eigenvalue weighted by molar-refractivity contribution is -0.116. The third-order valence-corrected chi connectivity index (χ3v) is 2.50. The maximum Gasteiger partial charge on any atom is 0.352 e. The molecule has 19 heavy (non-hydrogen) atoms. The van der Waals surface area contributed by atoms with Crippen molar-refractivity contribution in [1.29, 1.82) is 0 Å². The van der Waals surface area contributed by atoms with Crippen LogP contribution in [0.5, 0.6) is 0 Å². The SMILES string of the molecule is CC(=O)N(N)c1ncn(Cc2ccccc2)c(=O)n1. The molecule has 0 saturated heterocycles. The van der Waals surface area contributed by atoms with Crippen LogP contribution in [0.15, 0.2) is 41.5 Å². The van der Waals surface area contributed by atoms with Crippen molar-refractivity contribution in [2.75, 3.05) is 5.01 Å². The summed E-state index contributed by atoms with van der Waals surface area (Å²) in [7, 11) is 0. The highest BCUT2D eigenvalue weighted by atomic mass is 16.2. The van der Waals surface area contributed by atoms with Gasteiger partial charge in [-0.25, -0.2) is 20.6 Å². The Morgan fingerprint density at radius 1 is 1.37 bits per heavy atom. The van der Waals surface area contributed by atoms with Gasteiger partial charge in [0, 0.05) is 6.92 Å². The Kier molecular flexibility index (Phi) is 3.67. The lowest BCUT2D eigenvalue weighted by Gasteiger charge is -2.12. The predicted molar refractivity (Wildman–Crippen MR) is 69.2 cm³/mol. The van der Waals surface area contributed by atoms with Crippen LogP contribution in [0.1, 0.15) is 12.5 Å². The number of carbonyl (C=O) groups excluding carboxylic acids is 1. The molecule has 98 valence electrons. The highest BCUT2D eigenvalue weighted by Crippen LogP contribution is 2.01. The van der Waals surface area contributed by atoms with Gasteiger partial charge in [-0.15, -0.1) is 0 Å². The number of benzene rings is 1. The first kappa shape index (κ1) is 12.9. The Labute approximate surface area is 109 Å². The minimum Gasteiger partial charge on any atom is -0.278 e. The van der Waals surface area contributed by atoms with Gasteiger partial charge in [0.1, 0.15) is 6.33 Å². The minimum absolute atomic E-state index is 0.109. The molecule has 0 radical (unpaired) electrons. The number of hydrogen-bond acceptors (Lipinski definition) is 5. The van der Waals surface area contributed by atoms with Crippen molar-refractivity contribution in [2.24, 2.45) is 5.84 Å². The fourth-order valence-electron chi connectivity index (χ4n) is 1.49. The summed E-state index contributed by atoms with van der Waals surface area (Å²) in [5, 5.41) is 0.730. The van der Waals surface area contributed by atoms with Gasteiger partial charge in [-0.05, 0) is 5.56 Å². The predicted octanol–water partition coefficient (Wildman–Crippen LogP) is -0.0868. The first-order valence-electron chi connectivity index (χ1n) is 5.60. The van der Waals surface area contributed by atoms with Crippen LogP contribution in [-0.2, 0) is 11.3 Å². The summed E-state index contributed by atoms with van der Waals surface area (Å²) < 4.78 is 1.34. The summed E-state index contributed by atoms with van der Waals surface area (Å²) in [5.74, 6) is 4.87. The fourth-order valence-corrected chi connectivity index (χ4v) is 1.49. The van der Waals surface area contributed by atoms with E-state index < -0.39 is 11.6 Å². The topological polar surface area (TPSA) is 94.1 Å². The molecule has 0 aliphatic heterocycles. The molecule has 0 aliphatic carbocycles. The number of hydrazine groups is 1. The second kappa shape index (κ2) is 5.40. The molecule has 0 bridgehead atoms. The summed E-state index contributed by atoms with van der Waals surface area (Å²) in [6, 6.07) is 9.45. The fraction of sp³-hybridized carbons (Fsp3) is 0.167. The van der Waals surface area contributed by atoms with Gasteiger partial charge in [-0.3, -0.25) is 9.36 Å². The Morgan fingerprint density at radius 2 is 2.05 bits per heavy atom. The van der Waals surface area contributed by atoms with Crippen LogP contribution in [0.2, 0.25) is 0 Å². The van der Waals surface area contributed by atoms with Gasteiger partial charge in [0.05, 0.1) is 6.54 Å². The zero-order chi connectivity index (χ0) is 13.8. The first-order valence-corrected chi connectivity index (χ1v) is 5.60. The quantitative estimate of drug-likeness (QED) is 0.472. The smallest absolute Gasteiger partial charge is 0.278 e. The monoisotopic (exact) mass is 259 g/mol. The number of carbonyl (C=O) groups is 1. The molecule has 1 aromatic heterocycles. The van der Waals surface area contributed by atoms with Crippen molar-refractivity contribution in [3.8, 4) is 0 Å². The highest BCUT2D eigenvalue weighted by molar-refractivity contribution is 5.87. The van der Waals surface area contributed by atoms with Crippen LogP contribution >= 0.6 is 0 Å². The molecule has 0 aliphatic rings. The van der Waals surface area contributed by atoms with Crippen molar-refractivity contribution in [2.45, 2.75) is 13.5 Å². The van der Waals surface area contributed by atoms with Crippen molar-refractivity contribution < 1.29 is 4.79 Å². The molecule has 2 aromatic rings. The molecule has 7 heteroatoms. The molecule has 0 unspecified atom stereocenters. The van der Waals surface area contributed by atoms with Gasteiger partial charge in [0.2, 0.25) is 5.91 Å². The van der Waals surface area contributed by atoms with E-state index in [1.54, 1.807) is 0 Å². The zero-order valence-electron chi connectivity index (χ0n) is 10.4. The summed E-state index contributed by atoms with van der Waals surface area (Å²) in [5.41, 5.74) is 0.447. The van der Waals surface area contributed by atoms with Gasteiger partial charge < -0.3 is 0 Å². The molecule has 0 fully saturated rings. The van der Waals surface area contributed by atoms with Crippen molar-refractivity contribution in [1.82, 2.24) is 14.5 Å². The second-order valence-electron chi connectivity index (χ2n) is 3.94. The number of amides is 1. The van der Waals surface area contributed by atoms with Crippen molar-refractivity contribution in [3.63, 3.8) is 0 Å². The van der Waals surface area contributed by atoms with E-state index in [0.29, 0.717) is 6.54 Å². The van der Waals surface area contributed by atoms with E-state index >= 15 is 0 Å². The molecule has 7 nitrogen and oxygen atoms in total. The third-order valence-electron chi connectivity index (χ3n) is 2.50. The number of hydrogen-bond donors (Lipinski definition) is 1. The van der Waals surface area contributed by atoms with Crippen LogP contribution in [0.25, 0.3) is 0 Å². The highest BCUT2D eigenvalue weighted by Gasteiger charge is 2.11. The molecular weight excluding hydrogens is 246 g/mol. The van der Waals surface area contributed by atoms with Crippen LogP contribution in [0.3, 0.4) is 0 Å². The number of anilines is 1. The molecule has 2 rings (SSSR count). The largest absolute Gasteiger partial charge is 0.352 e. The van der Waals surface area contributed by atoms with E-state index in [1.165, 1.54) is 17.8 Å².